The molecular weight excluding hydrogens is 220 g/mol. The molecule has 108 valence electrons. The molecule has 0 bridgehead atoms. The van der Waals surface area contributed by atoms with Gasteiger partial charge in [-0.3, -0.25) is 0 Å². The molecule has 2 heteroatoms. The van der Waals surface area contributed by atoms with Crippen LogP contribution in [0, 0.1) is 17.3 Å². The van der Waals surface area contributed by atoms with Crippen LogP contribution in [0.1, 0.15) is 53.9 Å². The second kappa shape index (κ2) is 7.49. The second-order valence-corrected chi connectivity index (χ2v) is 7.37. The van der Waals surface area contributed by atoms with Crippen LogP contribution in [0.2, 0.25) is 0 Å². The van der Waals surface area contributed by atoms with Crippen molar-refractivity contribution in [2.45, 2.75) is 53.9 Å². The van der Waals surface area contributed by atoms with Gasteiger partial charge in [0.2, 0.25) is 0 Å². The van der Waals surface area contributed by atoms with Gasteiger partial charge in [-0.2, -0.15) is 0 Å². The molecule has 1 aliphatic rings. The van der Waals surface area contributed by atoms with E-state index in [0.717, 1.165) is 24.9 Å². The molecule has 0 aromatic heterocycles. The van der Waals surface area contributed by atoms with Crippen LogP contribution in [0.5, 0.6) is 0 Å². The van der Waals surface area contributed by atoms with Gasteiger partial charge in [0.25, 0.3) is 0 Å². The lowest BCUT2D eigenvalue weighted by Gasteiger charge is -2.33. The van der Waals surface area contributed by atoms with Crippen LogP contribution in [-0.4, -0.2) is 37.6 Å². The lowest BCUT2D eigenvalue weighted by Crippen LogP contribution is -2.42. The summed E-state index contributed by atoms with van der Waals surface area (Å²) < 4.78 is 0. The Balaban J connectivity index is 2.29. The first-order valence-electron chi connectivity index (χ1n) is 7.86. The van der Waals surface area contributed by atoms with Gasteiger partial charge in [0.05, 0.1) is 0 Å². The highest BCUT2D eigenvalue weighted by Crippen LogP contribution is 2.30. The molecule has 1 fully saturated rings. The average molecular weight is 254 g/mol. The molecule has 1 N–H and O–H groups in total. The molecule has 0 aliphatic heterocycles. The highest BCUT2D eigenvalue weighted by atomic mass is 15.1. The maximum absolute atomic E-state index is 3.61. The van der Waals surface area contributed by atoms with Gasteiger partial charge in [0.1, 0.15) is 0 Å². The van der Waals surface area contributed by atoms with Gasteiger partial charge < -0.3 is 10.2 Å². The highest BCUT2D eigenvalue weighted by Gasteiger charge is 2.27. The molecule has 0 radical (unpaired) electrons. The maximum Gasteiger partial charge on any atom is 0.00449 e. The van der Waals surface area contributed by atoms with E-state index in [1.165, 1.54) is 38.9 Å². The fourth-order valence-electron chi connectivity index (χ4n) is 2.58. The van der Waals surface area contributed by atoms with Crippen LogP contribution in [0.4, 0.5) is 0 Å². The Bertz CT molecular complexity index is 219. The highest BCUT2D eigenvalue weighted by molar-refractivity contribution is 4.82. The van der Waals surface area contributed by atoms with E-state index < -0.39 is 0 Å². The predicted molar refractivity (Wildman–Crippen MR) is 80.9 cm³/mol. The Labute approximate surface area is 115 Å². The molecule has 0 saturated heterocycles. The van der Waals surface area contributed by atoms with E-state index in [9.17, 15) is 0 Å². The zero-order valence-corrected chi connectivity index (χ0v) is 13.3. The maximum atomic E-state index is 3.61. The molecule has 1 saturated carbocycles. The summed E-state index contributed by atoms with van der Waals surface area (Å²) >= 11 is 0. The van der Waals surface area contributed by atoms with Gasteiger partial charge in [0.15, 0.2) is 0 Å². The van der Waals surface area contributed by atoms with Crippen molar-refractivity contribution in [3.05, 3.63) is 0 Å². The largest absolute Gasteiger partial charge is 0.316 e. The van der Waals surface area contributed by atoms with Crippen molar-refractivity contribution >= 4 is 0 Å². The molecule has 0 aromatic rings. The third kappa shape index (κ3) is 7.38. The van der Waals surface area contributed by atoms with Crippen LogP contribution in [0.15, 0.2) is 0 Å². The predicted octanol–water partition coefficient (Wildman–Crippen LogP) is 3.38. The molecule has 1 aliphatic carbocycles. The standard InChI is InChI=1S/C16H34N2/c1-6-9-18(11-15-7-8-15)13-16(4,5)12-17-10-14(2)3/h14-15,17H,6-13H2,1-5H3. The van der Waals surface area contributed by atoms with E-state index in [4.69, 9.17) is 0 Å². The monoisotopic (exact) mass is 254 g/mol. The smallest absolute Gasteiger partial charge is 0.00449 e. The topological polar surface area (TPSA) is 15.3 Å². The van der Waals surface area contributed by atoms with Crippen LogP contribution in [0.25, 0.3) is 0 Å². The van der Waals surface area contributed by atoms with Gasteiger partial charge in [-0.1, -0.05) is 34.6 Å². The molecule has 0 unspecified atom stereocenters. The third-order valence-corrected chi connectivity index (χ3v) is 3.56. The fourth-order valence-corrected chi connectivity index (χ4v) is 2.58. The summed E-state index contributed by atoms with van der Waals surface area (Å²) in [6.45, 7) is 17.8. The molecule has 0 spiro atoms. The zero-order valence-electron chi connectivity index (χ0n) is 13.3. The lowest BCUT2D eigenvalue weighted by atomic mass is 9.92. The first-order chi connectivity index (χ1) is 8.43. The molecular formula is C16H34N2. The van der Waals surface area contributed by atoms with Crippen molar-refractivity contribution in [2.24, 2.45) is 17.3 Å². The van der Waals surface area contributed by atoms with Crippen molar-refractivity contribution in [2.75, 3.05) is 32.7 Å². The Morgan fingerprint density at radius 2 is 1.94 bits per heavy atom. The van der Waals surface area contributed by atoms with E-state index in [1.807, 2.05) is 0 Å². The van der Waals surface area contributed by atoms with Crippen LogP contribution in [-0.2, 0) is 0 Å². The lowest BCUT2D eigenvalue weighted by molar-refractivity contribution is 0.167. The molecule has 0 aromatic carbocycles. The summed E-state index contributed by atoms with van der Waals surface area (Å²) in [6.07, 6.45) is 4.21. The SMILES string of the molecule is CCCN(CC1CC1)CC(C)(C)CNCC(C)C. The van der Waals surface area contributed by atoms with Gasteiger partial charge >= 0.3 is 0 Å². The molecule has 2 nitrogen and oxygen atoms in total. The van der Waals surface area contributed by atoms with E-state index >= 15 is 0 Å². The Morgan fingerprint density at radius 1 is 1.28 bits per heavy atom. The first-order valence-corrected chi connectivity index (χ1v) is 7.86. The third-order valence-electron chi connectivity index (χ3n) is 3.56. The van der Waals surface area contributed by atoms with Crippen molar-refractivity contribution in [1.82, 2.24) is 10.2 Å². The Hall–Kier alpha value is -0.0800. The van der Waals surface area contributed by atoms with Gasteiger partial charge in [-0.15, -0.1) is 0 Å². The zero-order chi connectivity index (χ0) is 13.6. The minimum atomic E-state index is 0.388. The summed E-state index contributed by atoms with van der Waals surface area (Å²) in [5.74, 6) is 1.76. The van der Waals surface area contributed by atoms with Gasteiger partial charge in [-0.25, -0.2) is 0 Å². The second-order valence-electron chi connectivity index (χ2n) is 7.37. The number of rotatable bonds is 10. The van der Waals surface area contributed by atoms with Crippen molar-refractivity contribution in [3.63, 3.8) is 0 Å². The Kier molecular flexibility index (Phi) is 6.65. The first kappa shape index (κ1) is 16.0. The minimum absolute atomic E-state index is 0.388. The summed E-state index contributed by atoms with van der Waals surface area (Å²) in [5.41, 5.74) is 0.388. The number of nitrogens with one attached hydrogen (secondary N) is 1. The summed E-state index contributed by atoms with van der Waals surface area (Å²) in [7, 11) is 0. The van der Waals surface area contributed by atoms with Gasteiger partial charge in [-0.05, 0) is 49.6 Å². The number of nitrogens with zero attached hydrogens (tertiary/aromatic N) is 1. The van der Waals surface area contributed by atoms with E-state index in [2.05, 4.69) is 44.8 Å². The molecule has 18 heavy (non-hydrogen) atoms. The summed E-state index contributed by atoms with van der Waals surface area (Å²) in [6, 6.07) is 0. The normalized spacial score (nSPS) is 16.8. The minimum Gasteiger partial charge on any atom is -0.316 e. The van der Waals surface area contributed by atoms with Crippen molar-refractivity contribution in [3.8, 4) is 0 Å². The quantitative estimate of drug-likeness (QED) is 0.643. The summed E-state index contributed by atoms with van der Waals surface area (Å²) in [4.78, 5) is 2.69. The van der Waals surface area contributed by atoms with E-state index in [-0.39, 0.29) is 0 Å². The molecule has 0 amide bonds. The van der Waals surface area contributed by atoms with E-state index in [1.54, 1.807) is 0 Å². The molecule has 0 atom stereocenters. The van der Waals surface area contributed by atoms with Crippen LogP contribution in [0.3, 0.4) is 0 Å². The van der Waals surface area contributed by atoms with Crippen LogP contribution < -0.4 is 5.32 Å². The van der Waals surface area contributed by atoms with Crippen molar-refractivity contribution < 1.29 is 0 Å². The molecule has 1 rings (SSSR count). The van der Waals surface area contributed by atoms with E-state index in [0.29, 0.717) is 5.41 Å². The fraction of sp³-hybridized carbons (Fsp3) is 1.00. The number of hydrogen-bond acceptors (Lipinski definition) is 2. The molecule has 0 heterocycles. The van der Waals surface area contributed by atoms with Crippen LogP contribution >= 0.6 is 0 Å². The average Bonchev–Trinajstić information content (AvgIpc) is 3.00. The Morgan fingerprint density at radius 3 is 2.44 bits per heavy atom. The van der Waals surface area contributed by atoms with Gasteiger partial charge in [0, 0.05) is 19.6 Å². The van der Waals surface area contributed by atoms with Crippen molar-refractivity contribution in [1.29, 1.82) is 0 Å². The summed E-state index contributed by atoms with van der Waals surface area (Å²) in [5, 5.41) is 3.61. The number of hydrogen-bond donors (Lipinski definition) is 1.